The summed E-state index contributed by atoms with van der Waals surface area (Å²) in [4.78, 5) is 2.41. The quantitative estimate of drug-likeness (QED) is 0.157. The van der Waals surface area contributed by atoms with Crippen LogP contribution in [0.1, 0.15) is 25.0 Å². The van der Waals surface area contributed by atoms with E-state index in [4.69, 9.17) is 0 Å². The Morgan fingerprint density at radius 3 is 1.71 bits per heavy atom. The van der Waals surface area contributed by atoms with Gasteiger partial charge < -0.3 is 9.47 Å². The lowest BCUT2D eigenvalue weighted by Gasteiger charge is -2.28. The van der Waals surface area contributed by atoms with Crippen LogP contribution >= 0.6 is 0 Å². The first-order valence-electron chi connectivity index (χ1n) is 20.5. The van der Waals surface area contributed by atoms with Crippen LogP contribution in [-0.4, -0.2) is 4.57 Å². The largest absolute Gasteiger partial charge is 0.310 e. The van der Waals surface area contributed by atoms with Gasteiger partial charge in [-0.05, 0) is 116 Å². The first-order chi connectivity index (χ1) is 29.0. The van der Waals surface area contributed by atoms with Gasteiger partial charge in [-0.2, -0.15) is 0 Å². The summed E-state index contributed by atoms with van der Waals surface area (Å²) in [7, 11) is 0. The molecule has 1 aliphatic rings. The molecular weight excluding hydrogens is 713 g/mol. The highest BCUT2D eigenvalue weighted by Crippen LogP contribution is 2.51. The Labute approximate surface area is 345 Å². The van der Waals surface area contributed by atoms with Crippen LogP contribution in [0.3, 0.4) is 0 Å². The lowest BCUT2D eigenvalue weighted by atomic mass is 9.82. The van der Waals surface area contributed by atoms with Gasteiger partial charge in [-0.3, -0.25) is 0 Å². The Morgan fingerprint density at radius 2 is 0.949 bits per heavy atom. The van der Waals surface area contributed by atoms with Crippen molar-refractivity contribution in [3.8, 4) is 50.3 Å². The number of benzene rings is 9. The summed E-state index contributed by atoms with van der Waals surface area (Å²) >= 11 is 0. The zero-order valence-electron chi connectivity index (χ0n) is 33.2. The van der Waals surface area contributed by atoms with Gasteiger partial charge in [-0.1, -0.05) is 172 Å². The second-order valence-corrected chi connectivity index (χ2v) is 16.2. The van der Waals surface area contributed by atoms with Crippen LogP contribution in [0.5, 0.6) is 0 Å². The minimum atomic E-state index is -0.112. The number of hydrogen-bond donors (Lipinski definition) is 0. The molecular formula is C57H42N2. The highest BCUT2D eigenvalue weighted by molar-refractivity contribution is 6.07. The van der Waals surface area contributed by atoms with Gasteiger partial charge in [0.1, 0.15) is 0 Å². The van der Waals surface area contributed by atoms with Crippen LogP contribution in [0.15, 0.2) is 218 Å². The monoisotopic (exact) mass is 754 g/mol. The third-order valence-electron chi connectivity index (χ3n) is 12.4. The van der Waals surface area contributed by atoms with E-state index < -0.39 is 0 Å². The third-order valence-corrected chi connectivity index (χ3v) is 12.4. The van der Waals surface area contributed by atoms with Gasteiger partial charge in [0.25, 0.3) is 0 Å². The number of anilines is 3. The predicted molar refractivity (Wildman–Crippen MR) is 249 cm³/mol. The molecule has 0 amide bonds. The van der Waals surface area contributed by atoms with Crippen LogP contribution in [0, 0.1) is 0 Å². The Bertz CT molecular complexity index is 3150. The average molecular weight is 755 g/mol. The van der Waals surface area contributed by atoms with Crippen LogP contribution in [0.2, 0.25) is 0 Å². The van der Waals surface area contributed by atoms with Crippen molar-refractivity contribution in [2.24, 2.45) is 0 Å². The molecule has 11 rings (SSSR count). The Balaban J connectivity index is 1.09. The summed E-state index contributed by atoms with van der Waals surface area (Å²) < 4.78 is 2.44. The van der Waals surface area contributed by atoms with E-state index in [1.54, 1.807) is 0 Å². The topological polar surface area (TPSA) is 8.17 Å². The predicted octanol–water partition coefficient (Wildman–Crippen LogP) is 15.6. The summed E-state index contributed by atoms with van der Waals surface area (Å²) in [6.45, 7) is 4.71. The van der Waals surface area contributed by atoms with Gasteiger partial charge in [-0.25, -0.2) is 0 Å². The molecule has 0 aliphatic heterocycles. The van der Waals surface area contributed by atoms with E-state index in [9.17, 15) is 0 Å². The molecule has 1 aromatic heterocycles. The summed E-state index contributed by atoms with van der Waals surface area (Å²) in [5.74, 6) is 0. The van der Waals surface area contributed by atoms with E-state index in [2.05, 4.69) is 242 Å². The average Bonchev–Trinajstić information content (AvgIpc) is 3.76. The van der Waals surface area contributed by atoms with Crippen molar-refractivity contribution in [3.05, 3.63) is 230 Å². The Morgan fingerprint density at radius 1 is 0.390 bits per heavy atom. The molecule has 0 atom stereocenters. The second-order valence-electron chi connectivity index (χ2n) is 16.2. The second kappa shape index (κ2) is 13.9. The van der Waals surface area contributed by atoms with Gasteiger partial charge in [0, 0.05) is 39.1 Å². The molecule has 2 nitrogen and oxygen atoms in total. The van der Waals surface area contributed by atoms with Gasteiger partial charge in [0.05, 0.1) is 11.2 Å². The van der Waals surface area contributed by atoms with Crippen molar-refractivity contribution in [1.29, 1.82) is 0 Å². The summed E-state index contributed by atoms with van der Waals surface area (Å²) in [6.07, 6.45) is 0. The molecule has 59 heavy (non-hydrogen) atoms. The Hall–Kier alpha value is -7.42. The van der Waals surface area contributed by atoms with E-state index in [0.717, 1.165) is 28.3 Å². The SMILES string of the molecule is CC1(C)c2ccccc2-c2ccc(N(c3ccc(-c4ccccc4)cc3)c3ccc(-c4c(-c5ccc6ccccc6c5)c5ccccc5n4-c4ccccc4)cc3)cc21. The minimum Gasteiger partial charge on any atom is -0.310 e. The van der Waals surface area contributed by atoms with E-state index in [0.29, 0.717) is 0 Å². The van der Waals surface area contributed by atoms with Crippen LogP contribution in [-0.2, 0) is 5.41 Å². The minimum absolute atomic E-state index is 0.112. The van der Waals surface area contributed by atoms with Gasteiger partial charge in [0.15, 0.2) is 0 Å². The maximum absolute atomic E-state index is 2.44. The molecule has 0 saturated heterocycles. The van der Waals surface area contributed by atoms with Gasteiger partial charge in [-0.15, -0.1) is 0 Å². The molecule has 0 N–H and O–H groups in total. The maximum atomic E-state index is 2.44. The normalized spacial score (nSPS) is 12.7. The smallest absolute Gasteiger partial charge is 0.0619 e. The Kier molecular flexibility index (Phi) is 8.20. The van der Waals surface area contributed by atoms with E-state index in [1.807, 2.05) is 0 Å². The standard InChI is InChI=1S/C57H42N2/c1-57(2)52-23-13-11-21-49(52)50-36-35-48(38-53(50)57)58(46-31-27-41(28-32-46)39-15-5-3-6-16-39)47-33-29-42(30-34-47)56-55(44-26-25-40-17-9-10-18-43(40)37-44)51-22-12-14-24-54(51)59(56)45-19-7-4-8-20-45/h3-38H,1-2H3. The first-order valence-corrected chi connectivity index (χ1v) is 20.5. The number of nitrogens with zero attached hydrogens (tertiary/aromatic N) is 2. The van der Waals surface area contributed by atoms with Crippen molar-refractivity contribution in [3.63, 3.8) is 0 Å². The molecule has 0 fully saturated rings. The van der Waals surface area contributed by atoms with Crippen LogP contribution in [0.25, 0.3) is 72.0 Å². The van der Waals surface area contributed by atoms with Crippen LogP contribution < -0.4 is 4.90 Å². The lowest BCUT2D eigenvalue weighted by molar-refractivity contribution is 0.660. The van der Waals surface area contributed by atoms with E-state index in [1.165, 1.54) is 71.9 Å². The fraction of sp³-hybridized carbons (Fsp3) is 0.0526. The number of aromatic nitrogens is 1. The van der Waals surface area contributed by atoms with Crippen LogP contribution in [0.4, 0.5) is 17.1 Å². The summed E-state index contributed by atoms with van der Waals surface area (Å²) in [5, 5.41) is 3.70. The summed E-state index contributed by atoms with van der Waals surface area (Å²) in [5.41, 5.74) is 18.1. The van der Waals surface area contributed by atoms with Gasteiger partial charge in [0.2, 0.25) is 0 Å². The van der Waals surface area contributed by atoms with Crippen molar-refractivity contribution >= 4 is 38.7 Å². The summed E-state index contributed by atoms with van der Waals surface area (Å²) in [6, 6.07) is 79.9. The fourth-order valence-electron chi connectivity index (χ4n) is 9.48. The molecule has 0 unspecified atom stereocenters. The zero-order valence-corrected chi connectivity index (χ0v) is 33.2. The van der Waals surface area contributed by atoms with E-state index in [-0.39, 0.29) is 5.41 Å². The molecule has 10 aromatic rings. The molecule has 2 heteroatoms. The van der Waals surface area contributed by atoms with Crippen molar-refractivity contribution in [1.82, 2.24) is 4.57 Å². The third kappa shape index (κ3) is 5.79. The first kappa shape index (κ1) is 34.8. The number of rotatable bonds is 7. The zero-order chi connectivity index (χ0) is 39.5. The van der Waals surface area contributed by atoms with Crippen molar-refractivity contribution in [2.75, 3.05) is 4.90 Å². The molecule has 9 aromatic carbocycles. The molecule has 0 spiro atoms. The molecule has 1 aliphatic carbocycles. The maximum Gasteiger partial charge on any atom is 0.0619 e. The van der Waals surface area contributed by atoms with E-state index >= 15 is 0 Å². The fourth-order valence-corrected chi connectivity index (χ4v) is 9.48. The number of hydrogen-bond acceptors (Lipinski definition) is 1. The van der Waals surface area contributed by atoms with Gasteiger partial charge >= 0.3 is 0 Å². The lowest BCUT2D eigenvalue weighted by Crippen LogP contribution is -2.16. The van der Waals surface area contributed by atoms with Crippen molar-refractivity contribution < 1.29 is 0 Å². The highest BCUT2D eigenvalue weighted by Gasteiger charge is 2.35. The molecule has 1 heterocycles. The number of fused-ring (bicyclic) bond motifs is 5. The molecule has 0 radical (unpaired) electrons. The molecule has 0 bridgehead atoms. The highest BCUT2D eigenvalue weighted by atomic mass is 15.1. The van der Waals surface area contributed by atoms with Crippen molar-refractivity contribution in [2.45, 2.75) is 19.3 Å². The molecule has 0 saturated carbocycles. The molecule has 280 valence electrons. The number of para-hydroxylation sites is 2.